The number of cyclic esters (lactones) is 1. The molecule has 0 saturated carbocycles. The number of ether oxygens (including phenoxy) is 1. The molecule has 2 N–H and O–H groups in total. The van der Waals surface area contributed by atoms with Gasteiger partial charge in [-0.05, 0) is 31.8 Å². The quantitative estimate of drug-likeness (QED) is 0.743. The van der Waals surface area contributed by atoms with Crippen LogP contribution in [0.3, 0.4) is 0 Å². The third-order valence-electron chi connectivity index (χ3n) is 3.45. The van der Waals surface area contributed by atoms with Crippen molar-refractivity contribution in [3.63, 3.8) is 0 Å². The number of nitrogens with zero attached hydrogens (tertiary/aromatic N) is 1. The second-order valence-corrected chi connectivity index (χ2v) is 4.94. The Balaban J connectivity index is 1.84. The standard InChI is InChI=1S/C11H18F2N2O2/c12-11(13)4-9(17-10(11)16)7-15-3-1-2-8(5-14)6-15/h8-9H,1-7,14H2. The summed E-state index contributed by atoms with van der Waals surface area (Å²) >= 11 is 0. The van der Waals surface area contributed by atoms with Gasteiger partial charge in [0.15, 0.2) is 0 Å². The molecule has 6 heteroatoms. The van der Waals surface area contributed by atoms with Crippen molar-refractivity contribution < 1.29 is 18.3 Å². The smallest absolute Gasteiger partial charge is 0.377 e. The zero-order chi connectivity index (χ0) is 12.5. The molecular weight excluding hydrogens is 230 g/mol. The van der Waals surface area contributed by atoms with Crippen LogP contribution in [-0.2, 0) is 9.53 Å². The van der Waals surface area contributed by atoms with E-state index < -0.39 is 24.4 Å². The monoisotopic (exact) mass is 248 g/mol. The number of carbonyl (C=O) groups is 1. The van der Waals surface area contributed by atoms with Gasteiger partial charge in [0, 0.05) is 13.1 Å². The predicted molar refractivity (Wildman–Crippen MR) is 57.7 cm³/mol. The first kappa shape index (κ1) is 12.7. The molecule has 2 aliphatic heterocycles. The molecule has 0 aromatic heterocycles. The van der Waals surface area contributed by atoms with Crippen LogP contribution in [0.1, 0.15) is 19.3 Å². The SMILES string of the molecule is NCC1CCCN(CC2CC(F)(F)C(=O)O2)C1. The first-order valence-corrected chi connectivity index (χ1v) is 6.02. The molecular formula is C11H18F2N2O2. The van der Waals surface area contributed by atoms with E-state index in [1.807, 2.05) is 0 Å². The number of carbonyl (C=O) groups excluding carboxylic acids is 1. The maximum atomic E-state index is 13.0. The van der Waals surface area contributed by atoms with E-state index in [9.17, 15) is 13.6 Å². The Morgan fingerprint density at radius 2 is 2.29 bits per heavy atom. The molecule has 2 unspecified atom stereocenters. The minimum atomic E-state index is -3.30. The Hall–Kier alpha value is -0.750. The van der Waals surface area contributed by atoms with Gasteiger partial charge in [-0.3, -0.25) is 4.90 Å². The zero-order valence-electron chi connectivity index (χ0n) is 9.70. The highest BCUT2D eigenvalue weighted by Gasteiger charge is 2.51. The highest BCUT2D eigenvalue weighted by atomic mass is 19.3. The van der Waals surface area contributed by atoms with E-state index in [0.717, 1.165) is 25.9 Å². The maximum absolute atomic E-state index is 13.0. The normalized spacial score (nSPS) is 33.7. The maximum Gasteiger partial charge on any atom is 0.377 e. The van der Waals surface area contributed by atoms with Crippen molar-refractivity contribution in [2.45, 2.75) is 31.3 Å². The lowest BCUT2D eigenvalue weighted by molar-refractivity contribution is -0.159. The summed E-state index contributed by atoms with van der Waals surface area (Å²) in [6.07, 6.45) is 0.955. The largest absolute Gasteiger partial charge is 0.456 e. The molecule has 2 rings (SSSR count). The molecule has 0 amide bonds. The predicted octanol–water partition coefficient (Wildman–Crippen LogP) is 0.608. The average Bonchev–Trinajstić information content (AvgIpc) is 2.52. The van der Waals surface area contributed by atoms with E-state index >= 15 is 0 Å². The summed E-state index contributed by atoms with van der Waals surface area (Å²) in [6, 6.07) is 0. The fourth-order valence-electron chi connectivity index (χ4n) is 2.55. The molecule has 0 aromatic carbocycles. The molecule has 17 heavy (non-hydrogen) atoms. The molecule has 98 valence electrons. The van der Waals surface area contributed by atoms with E-state index in [4.69, 9.17) is 5.73 Å². The lowest BCUT2D eigenvalue weighted by atomic mass is 9.98. The number of hydrogen-bond donors (Lipinski definition) is 1. The van der Waals surface area contributed by atoms with E-state index in [-0.39, 0.29) is 0 Å². The number of hydrogen-bond acceptors (Lipinski definition) is 4. The van der Waals surface area contributed by atoms with Gasteiger partial charge in [-0.1, -0.05) is 0 Å². The average molecular weight is 248 g/mol. The van der Waals surface area contributed by atoms with Crippen molar-refractivity contribution in [3.8, 4) is 0 Å². The lowest BCUT2D eigenvalue weighted by Gasteiger charge is -2.33. The highest BCUT2D eigenvalue weighted by molar-refractivity contribution is 5.79. The van der Waals surface area contributed by atoms with Crippen molar-refractivity contribution in [2.75, 3.05) is 26.2 Å². The van der Waals surface area contributed by atoms with Gasteiger partial charge in [-0.15, -0.1) is 0 Å². The Morgan fingerprint density at radius 3 is 2.88 bits per heavy atom. The van der Waals surface area contributed by atoms with E-state index in [1.54, 1.807) is 0 Å². The Kier molecular flexibility index (Phi) is 3.63. The van der Waals surface area contributed by atoms with Crippen LogP contribution >= 0.6 is 0 Å². The summed E-state index contributed by atoms with van der Waals surface area (Å²) < 4.78 is 30.6. The first-order valence-electron chi connectivity index (χ1n) is 6.02. The van der Waals surface area contributed by atoms with Crippen molar-refractivity contribution >= 4 is 5.97 Å². The van der Waals surface area contributed by atoms with Crippen LogP contribution in [0.5, 0.6) is 0 Å². The third kappa shape index (κ3) is 2.93. The molecule has 0 aromatic rings. The summed E-state index contributed by atoms with van der Waals surface area (Å²) in [4.78, 5) is 12.9. The summed E-state index contributed by atoms with van der Waals surface area (Å²) in [5.41, 5.74) is 5.61. The molecule has 4 nitrogen and oxygen atoms in total. The molecule has 2 fully saturated rings. The van der Waals surface area contributed by atoms with Crippen LogP contribution in [0, 0.1) is 5.92 Å². The first-order chi connectivity index (χ1) is 8.01. The number of piperidine rings is 1. The molecule has 0 aliphatic carbocycles. The fourth-order valence-corrected chi connectivity index (χ4v) is 2.55. The van der Waals surface area contributed by atoms with Crippen molar-refractivity contribution in [1.29, 1.82) is 0 Å². The molecule has 2 atom stereocenters. The Labute approximate surface area is 99.1 Å². The van der Waals surface area contributed by atoms with Crippen molar-refractivity contribution in [3.05, 3.63) is 0 Å². The summed E-state index contributed by atoms with van der Waals surface area (Å²) in [5, 5.41) is 0. The lowest BCUT2D eigenvalue weighted by Crippen LogP contribution is -2.42. The van der Waals surface area contributed by atoms with Crippen molar-refractivity contribution in [1.82, 2.24) is 4.90 Å². The van der Waals surface area contributed by atoms with Gasteiger partial charge in [-0.25, -0.2) is 4.79 Å². The number of nitrogens with two attached hydrogens (primary N) is 1. The number of likely N-dealkylation sites (tertiary alicyclic amines) is 1. The molecule has 2 heterocycles. The van der Waals surface area contributed by atoms with E-state index in [2.05, 4.69) is 9.64 Å². The number of rotatable bonds is 3. The summed E-state index contributed by atoms with van der Waals surface area (Å²) in [5.74, 6) is -4.25. The number of alkyl halides is 2. The molecule has 0 radical (unpaired) electrons. The molecule has 0 spiro atoms. The zero-order valence-corrected chi connectivity index (χ0v) is 9.70. The second-order valence-electron chi connectivity index (χ2n) is 4.94. The van der Waals surface area contributed by atoms with Crippen molar-refractivity contribution in [2.24, 2.45) is 11.7 Å². The van der Waals surface area contributed by atoms with Crippen LogP contribution in [0.2, 0.25) is 0 Å². The van der Waals surface area contributed by atoms with Crippen LogP contribution in [-0.4, -0.2) is 49.1 Å². The summed E-state index contributed by atoms with van der Waals surface area (Å²) in [7, 11) is 0. The van der Waals surface area contributed by atoms with Gasteiger partial charge >= 0.3 is 11.9 Å². The third-order valence-corrected chi connectivity index (χ3v) is 3.45. The van der Waals surface area contributed by atoms with E-state index in [0.29, 0.717) is 19.0 Å². The molecule has 2 aliphatic rings. The van der Waals surface area contributed by atoms with Crippen LogP contribution < -0.4 is 5.73 Å². The van der Waals surface area contributed by atoms with Gasteiger partial charge in [0.1, 0.15) is 6.10 Å². The van der Waals surface area contributed by atoms with Gasteiger partial charge < -0.3 is 10.5 Å². The minimum absolute atomic E-state index is 0.401. The topological polar surface area (TPSA) is 55.6 Å². The molecule has 2 saturated heterocycles. The van der Waals surface area contributed by atoms with Gasteiger partial charge in [0.05, 0.1) is 6.42 Å². The van der Waals surface area contributed by atoms with E-state index in [1.165, 1.54) is 0 Å². The highest BCUT2D eigenvalue weighted by Crippen LogP contribution is 2.31. The summed E-state index contributed by atoms with van der Waals surface area (Å²) in [6.45, 7) is 2.71. The Bertz CT molecular complexity index is 299. The fraction of sp³-hybridized carbons (Fsp3) is 0.909. The minimum Gasteiger partial charge on any atom is -0.456 e. The number of halogens is 2. The van der Waals surface area contributed by atoms with Gasteiger partial charge in [-0.2, -0.15) is 8.78 Å². The van der Waals surface area contributed by atoms with Crippen LogP contribution in [0.15, 0.2) is 0 Å². The van der Waals surface area contributed by atoms with Crippen LogP contribution in [0.25, 0.3) is 0 Å². The van der Waals surface area contributed by atoms with Gasteiger partial charge in [0.2, 0.25) is 0 Å². The Morgan fingerprint density at radius 1 is 1.53 bits per heavy atom. The second kappa shape index (κ2) is 4.86. The number of esters is 1. The van der Waals surface area contributed by atoms with Gasteiger partial charge in [0.25, 0.3) is 0 Å². The molecule has 0 bridgehead atoms. The van der Waals surface area contributed by atoms with Crippen LogP contribution in [0.4, 0.5) is 8.78 Å².